The van der Waals surface area contributed by atoms with Crippen molar-refractivity contribution in [2.75, 3.05) is 16.9 Å². The molecule has 5 nitrogen and oxygen atoms in total. The molecule has 0 radical (unpaired) electrons. The molecule has 1 aromatic rings. The average Bonchev–Trinajstić information content (AvgIpc) is 2.43. The lowest BCUT2D eigenvalue weighted by atomic mass is 9.95. The summed E-state index contributed by atoms with van der Waals surface area (Å²) >= 11 is 0. The molecule has 0 amide bonds. The largest absolute Gasteiger partial charge is 0.353 e. The SMILES string of the molecule is CCCc1nc(NN)c(C)c(N2CC(C)CCC2C)n1. The zero-order chi connectivity index (χ0) is 14.7. The summed E-state index contributed by atoms with van der Waals surface area (Å²) in [6, 6.07) is 0.528. The van der Waals surface area contributed by atoms with E-state index in [1.807, 2.05) is 6.92 Å². The highest BCUT2D eigenvalue weighted by atomic mass is 15.3. The fourth-order valence-electron chi connectivity index (χ4n) is 2.89. The summed E-state index contributed by atoms with van der Waals surface area (Å²) in [6.07, 6.45) is 4.45. The van der Waals surface area contributed by atoms with E-state index >= 15 is 0 Å². The van der Waals surface area contributed by atoms with Gasteiger partial charge in [0, 0.05) is 24.6 Å². The van der Waals surface area contributed by atoms with E-state index in [4.69, 9.17) is 10.8 Å². The van der Waals surface area contributed by atoms with Crippen LogP contribution in [0.2, 0.25) is 0 Å². The van der Waals surface area contributed by atoms with E-state index in [0.29, 0.717) is 12.0 Å². The van der Waals surface area contributed by atoms with Crippen molar-refractivity contribution in [3.63, 3.8) is 0 Å². The Morgan fingerprint density at radius 1 is 1.30 bits per heavy atom. The maximum absolute atomic E-state index is 5.62. The number of nitrogens with two attached hydrogens (primary N) is 1. The summed E-state index contributed by atoms with van der Waals surface area (Å²) in [5.41, 5.74) is 3.77. The van der Waals surface area contributed by atoms with Gasteiger partial charge in [-0.25, -0.2) is 15.8 Å². The minimum absolute atomic E-state index is 0.528. The minimum Gasteiger partial charge on any atom is -0.353 e. The van der Waals surface area contributed by atoms with Crippen molar-refractivity contribution >= 4 is 11.6 Å². The third-order valence-electron chi connectivity index (χ3n) is 4.17. The number of nitrogens with one attached hydrogen (secondary N) is 1. The molecule has 1 saturated heterocycles. The van der Waals surface area contributed by atoms with Crippen molar-refractivity contribution in [1.82, 2.24) is 9.97 Å². The Morgan fingerprint density at radius 2 is 2.05 bits per heavy atom. The molecular weight excluding hydrogens is 250 g/mol. The van der Waals surface area contributed by atoms with E-state index in [1.165, 1.54) is 12.8 Å². The first-order valence-electron chi connectivity index (χ1n) is 7.67. The quantitative estimate of drug-likeness (QED) is 0.654. The lowest BCUT2D eigenvalue weighted by Crippen LogP contribution is -2.42. The van der Waals surface area contributed by atoms with Crippen LogP contribution in [0.3, 0.4) is 0 Å². The minimum atomic E-state index is 0.528. The number of nitrogen functional groups attached to an aromatic ring is 1. The number of hydrogen-bond donors (Lipinski definition) is 2. The van der Waals surface area contributed by atoms with Crippen LogP contribution in [0.5, 0.6) is 0 Å². The monoisotopic (exact) mass is 277 g/mol. The molecule has 20 heavy (non-hydrogen) atoms. The molecule has 1 aliphatic rings. The van der Waals surface area contributed by atoms with Crippen molar-refractivity contribution < 1.29 is 0 Å². The maximum Gasteiger partial charge on any atom is 0.148 e. The van der Waals surface area contributed by atoms with E-state index in [9.17, 15) is 0 Å². The van der Waals surface area contributed by atoms with Gasteiger partial charge in [0.15, 0.2) is 0 Å². The summed E-state index contributed by atoms with van der Waals surface area (Å²) < 4.78 is 0. The molecule has 1 aliphatic heterocycles. The van der Waals surface area contributed by atoms with Crippen LogP contribution in [0, 0.1) is 12.8 Å². The Labute approximate surface area is 121 Å². The van der Waals surface area contributed by atoms with Crippen molar-refractivity contribution in [2.45, 2.75) is 59.4 Å². The Kier molecular flexibility index (Phi) is 4.81. The lowest BCUT2D eigenvalue weighted by molar-refractivity contribution is 0.387. The lowest BCUT2D eigenvalue weighted by Gasteiger charge is -2.38. The van der Waals surface area contributed by atoms with E-state index in [1.54, 1.807) is 0 Å². The zero-order valence-corrected chi connectivity index (χ0v) is 13.1. The number of aromatic nitrogens is 2. The van der Waals surface area contributed by atoms with Gasteiger partial charge in [0.2, 0.25) is 0 Å². The predicted octanol–water partition coefficient (Wildman–Crippen LogP) is 2.65. The van der Waals surface area contributed by atoms with E-state index < -0.39 is 0 Å². The third-order valence-corrected chi connectivity index (χ3v) is 4.17. The molecule has 0 bridgehead atoms. The molecule has 0 aliphatic carbocycles. The number of anilines is 2. The van der Waals surface area contributed by atoms with Crippen LogP contribution in [-0.2, 0) is 6.42 Å². The van der Waals surface area contributed by atoms with Gasteiger partial charge in [-0.2, -0.15) is 0 Å². The highest BCUT2D eigenvalue weighted by Crippen LogP contribution is 2.30. The van der Waals surface area contributed by atoms with E-state index in [0.717, 1.165) is 42.4 Å². The Balaban J connectivity index is 2.40. The smallest absolute Gasteiger partial charge is 0.148 e. The average molecular weight is 277 g/mol. The molecular formula is C15H27N5. The second-order valence-corrected chi connectivity index (χ2v) is 6.02. The standard InChI is InChI=1S/C15H27N5/c1-5-6-13-17-14(19-16)12(4)15(18-13)20-9-10(2)7-8-11(20)3/h10-11H,5-9,16H2,1-4H3,(H,17,18,19). The van der Waals surface area contributed by atoms with Gasteiger partial charge >= 0.3 is 0 Å². The van der Waals surface area contributed by atoms with E-state index in [-0.39, 0.29) is 0 Å². The van der Waals surface area contributed by atoms with Crippen LogP contribution in [0.4, 0.5) is 11.6 Å². The number of rotatable bonds is 4. The molecule has 2 unspecified atom stereocenters. The second-order valence-electron chi connectivity index (χ2n) is 6.02. The van der Waals surface area contributed by atoms with Gasteiger partial charge in [-0.3, -0.25) is 0 Å². The Hall–Kier alpha value is -1.36. The molecule has 112 valence electrons. The van der Waals surface area contributed by atoms with Crippen LogP contribution in [0.1, 0.15) is 51.4 Å². The maximum atomic E-state index is 5.62. The van der Waals surface area contributed by atoms with Crippen LogP contribution in [0.15, 0.2) is 0 Å². The normalized spacial score (nSPS) is 22.9. The third kappa shape index (κ3) is 3.03. The van der Waals surface area contributed by atoms with Crippen LogP contribution in [0.25, 0.3) is 0 Å². The van der Waals surface area contributed by atoms with Gasteiger partial charge in [0.1, 0.15) is 17.5 Å². The summed E-state index contributed by atoms with van der Waals surface area (Å²) in [7, 11) is 0. The fourth-order valence-corrected chi connectivity index (χ4v) is 2.89. The molecule has 1 aromatic heterocycles. The summed E-state index contributed by atoms with van der Waals surface area (Å²) in [5, 5.41) is 0. The van der Waals surface area contributed by atoms with Crippen LogP contribution >= 0.6 is 0 Å². The van der Waals surface area contributed by atoms with Crippen molar-refractivity contribution in [3.8, 4) is 0 Å². The number of hydrogen-bond acceptors (Lipinski definition) is 5. The highest BCUT2D eigenvalue weighted by molar-refractivity contribution is 5.59. The molecule has 1 fully saturated rings. The van der Waals surface area contributed by atoms with E-state index in [2.05, 4.69) is 36.1 Å². The van der Waals surface area contributed by atoms with Crippen molar-refractivity contribution in [2.24, 2.45) is 11.8 Å². The molecule has 0 spiro atoms. The zero-order valence-electron chi connectivity index (χ0n) is 13.1. The van der Waals surface area contributed by atoms with Gasteiger partial charge < -0.3 is 10.3 Å². The molecule has 5 heteroatoms. The van der Waals surface area contributed by atoms with Gasteiger partial charge in [-0.15, -0.1) is 0 Å². The summed E-state index contributed by atoms with van der Waals surface area (Å²) in [4.78, 5) is 11.7. The summed E-state index contributed by atoms with van der Waals surface area (Å²) in [5.74, 6) is 9.02. The van der Waals surface area contributed by atoms with Gasteiger partial charge in [-0.05, 0) is 39.0 Å². The molecule has 2 heterocycles. The van der Waals surface area contributed by atoms with Gasteiger partial charge in [0.05, 0.1) is 0 Å². The number of aryl methyl sites for hydroxylation is 1. The van der Waals surface area contributed by atoms with Gasteiger partial charge in [-0.1, -0.05) is 13.8 Å². The fraction of sp³-hybridized carbons (Fsp3) is 0.733. The number of hydrazine groups is 1. The Bertz CT molecular complexity index is 460. The predicted molar refractivity (Wildman–Crippen MR) is 83.8 cm³/mol. The summed E-state index contributed by atoms with van der Waals surface area (Å²) in [6.45, 7) is 9.85. The molecule has 3 N–H and O–H groups in total. The Morgan fingerprint density at radius 3 is 2.70 bits per heavy atom. The van der Waals surface area contributed by atoms with Crippen molar-refractivity contribution in [1.29, 1.82) is 0 Å². The second kappa shape index (κ2) is 6.39. The molecule has 2 atom stereocenters. The van der Waals surface area contributed by atoms with Gasteiger partial charge in [0.25, 0.3) is 0 Å². The number of piperidine rings is 1. The van der Waals surface area contributed by atoms with Crippen LogP contribution < -0.4 is 16.2 Å². The molecule has 0 aromatic carbocycles. The first-order chi connectivity index (χ1) is 9.56. The molecule has 2 rings (SSSR count). The van der Waals surface area contributed by atoms with Crippen molar-refractivity contribution in [3.05, 3.63) is 11.4 Å². The highest BCUT2D eigenvalue weighted by Gasteiger charge is 2.26. The topological polar surface area (TPSA) is 67.1 Å². The van der Waals surface area contributed by atoms with Crippen LogP contribution in [-0.4, -0.2) is 22.6 Å². The molecule has 0 saturated carbocycles. The number of nitrogens with zero attached hydrogens (tertiary/aromatic N) is 3. The first-order valence-corrected chi connectivity index (χ1v) is 7.67. The first kappa shape index (κ1) is 15.0.